The lowest BCUT2D eigenvalue weighted by atomic mass is 10.0. The van der Waals surface area contributed by atoms with Crippen LogP contribution < -0.4 is 16.8 Å². The van der Waals surface area contributed by atoms with Crippen molar-refractivity contribution < 1.29 is 0 Å². The second-order valence-corrected chi connectivity index (χ2v) is 5.67. The third kappa shape index (κ3) is 35.1. The third-order valence-corrected chi connectivity index (χ3v) is 3.76. The molecule has 0 amide bonds. The first kappa shape index (κ1) is 35.2. The van der Waals surface area contributed by atoms with Crippen LogP contribution in [0.25, 0.3) is 0 Å². The maximum atomic E-state index is 5.12. The Labute approximate surface area is 169 Å². The smallest absolute Gasteiger partial charge is 0.0113 e. The molecule has 0 fully saturated rings. The molecule has 3 nitrogen and oxygen atoms in total. The summed E-state index contributed by atoms with van der Waals surface area (Å²) in [7, 11) is 0. The highest BCUT2D eigenvalue weighted by atomic mass is 35.5. The van der Waals surface area contributed by atoms with Gasteiger partial charge in [0.1, 0.15) is 0 Å². The molecule has 0 aliphatic carbocycles. The van der Waals surface area contributed by atoms with Gasteiger partial charge < -0.3 is 0 Å². The minimum absolute atomic E-state index is 0. The van der Waals surface area contributed by atoms with E-state index in [2.05, 4.69) is 17.9 Å². The van der Waals surface area contributed by atoms with Crippen LogP contribution in [0, 0.1) is 0 Å². The zero-order valence-electron chi connectivity index (χ0n) is 14.8. The van der Waals surface area contributed by atoms with E-state index in [0.717, 1.165) is 6.54 Å². The van der Waals surface area contributed by atoms with E-state index in [1.54, 1.807) is 0 Å². The lowest BCUT2D eigenvalue weighted by Gasteiger charge is -2.03. The molecular formula is C16H41Cl4N3. The van der Waals surface area contributed by atoms with Crippen molar-refractivity contribution in [2.75, 3.05) is 6.54 Å². The minimum Gasteiger partial charge on any atom is -0.258 e. The molecule has 0 saturated carbocycles. The summed E-state index contributed by atoms with van der Waals surface area (Å²) in [5.41, 5.74) is 5.38. The molecule has 0 unspecified atom stereocenters. The Morgan fingerprint density at radius 1 is 0.522 bits per heavy atom. The Hall–Kier alpha value is 1.04. The number of nitrogens with two attached hydrogens (primary N) is 1. The van der Waals surface area contributed by atoms with E-state index < -0.39 is 0 Å². The topological polar surface area (TPSA) is 50.1 Å². The molecule has 0 aromatic heterocycles. The summed E-state index contributed by atoms with van der Waals surface area (Å²) >= 11 is 0. The van der Waals surface area contributed by atoms with Gasteiger partial charge in [-0.15, -0.1) is 49.6 Å². The molecule has 0 aromatic rings. The van der Waals surface area contributed by atoms with Crippen molar-refractivity contribution in [2.45, 2.75) is 96.8 Å². The van der Waals surface area contributed by atoms with Crippen LogP contribution in [0.2, 0.25) is 0 Å². The molecule has 0 saturated heterocycles. The molecule has 148 valence electrons. The first-order chi connectivity index (χ1) is 9.41. The second kappa shape index (κ2) is 34.4. The van der Waals surface area contributed by atoms with Crippen molar-refractivity contribution >= 4 is 49.6 Å². The van der Waals surface area contributed by atoms with Gasteiger partial charge in [0, 0.05) is 6.54 Å². The third-order valence-electron chi connectivity index (χ3n) is 3.76. The SMILES string of the molecule is CCCCCCCCCCCCCCCCNNN.Cl.Cl.Cl.Cl. The lowest BCUT2D eigenvalue weighted by molar-refractivity contribution is 0.504. The quantitative estimate of drug-likeness (QED) is 0.161. The highest BCUT2D eigenvalue weighted by molar-refractivity contribution is 5.86. The number of hydrogen-bond donors (Lipinski definition) is 3. The highest BCUT2D eigenvalue weighted by Gasteiger charge is 1.93. The predicted octanol–water partition coefficient (Wildman–Crippen LogP) is 6.12. The Balaban J connectivity index is -0.000000270. The maximum absolute atomic E-state index is 5.12. The Kier molecular flexibility index (Phi) is 52.6. The van der Waals surface area contributed by atoms with E-state index in [9.17, 15) is 0 Å². The Morgan fingerprint density at radius 3 is 1.13 bits per heavy atom. The molecule has 7 heteroatoms. The molecule has 23 heavy (non-hydrogen) atoms. The van der Waals surface area contributed by atoms with Gasteiger partial charge in [0.15, 0.2) is 0 Å². The average Bonchev–Trinajstić information content (AvgIpc) is 2.43. The fourth-order valence-electron chi connectivity index (χ4n) is 2.48. The van der Waals surface area contributed by atoms with Crippen LogP contribution in [-0.2, 0) is 0 Å². The van der Waals surface area contributed by atoms with Gasteiger partial charge in [0.05, 0.1) is 0 Å². The van der Waals surface area contributed by atoms with Crippen LogP contribution in [0.4, 0.5) is 0 Å². The van der Waals surface area contributed by atoms with Gasteiger partial charge in [-0.1, -0.05) is 90.4 Å². The number of unbranched alkanes of at least 4 members (excludes halogenated alkanes) is 13. The fraction of sp³-hybridized carbons (Fsp3) is 1.00. The van der Waals surface area contributed by atoms with Crippen molar-refractivity contribution in [1.82, 2.24) is 11.0 Å². The number of halogens is 4. The highest BCUT2D eigenvalue weighted by Crippen LogP contribution is 2.12. The van der Waals surface area contributed by atoms with Crippen LogP contribution in [0.1, 0.15) is 96.8 Å². The first-order valence-corrected chi connectivity index (χ1v) is 8.60. The van der Waals surface area contributed by atoms with Crippen molar-refractivity contribution in [3.8, 4) is 0 Å². The zero-order valence-corrected chi connectivity index (χ0v) is 18.1. The molecule has 0 bridgehead atoms. The van der Waals surface area contributed by atoms with E-state index >= 15 is 0 Å². The van der Waals surface area contributed by atoms with E-state index in [0.29, 0.717) is 0 Å². The van der Waals surface area contributed by atoms with Crippen LogP contribution in [0.3, 0.4) is 0 Å². The molecule has 0 spiro atoms. The van der Waals surface area contributed by atoms with Crippen molar-refractivity contribution in [2.24, 2.45) is 5.84 Å². The Morgan fingerprint density at radius 2 is 0.826 bits per heavy atom. The monoisotopic (exact) mass is 415 g/mol. The van der Waals surface area contributed by atoms with Crippen LogP contribution in [-0.4, -0.2) is 6.54 Å². The molecular weight excluding hydrogens is 376 g/mol. The summed E-state index contributed by atoms with van der Waals surface area (Å²) in [4.78, 5) is 0. The standard InChI is InChI=1S/C16H37N3.4ClH/c1-2-3-4-5-6-7-8-9-10-11-12-13-14-15-16-18-19-17;;;;/h18-19H,2-17H2,1H3;4*1H. The summed E-state index contributed by atoms with van der Waals surface area (Å²) in [6, 6.07) is 0. The molecule has 0 aromatic carbocycles. The number of rotatable bonds is 16. The largest absolute Gasteiger partial charge is 0.258 e. The van der Waals surface area contributed by atoms with Crippen LogP contribution >= 0.6 is 49.6 Å². The van der Waals surface area contributed by atoms with Gasteiger partial charge in [-0.25, -0.2) is 5.43 Å². The Bertz CT molecular complexity index is 150. The zero-order chi connectivity index (χ0) is 14.0. The van der Waals surface area contributed by atoms with E-state index in [1.165, 1.54) is 89.9 Å². The normalized spacial score (nSPS) is 9.13. The van der Waals surface area contributed by atoms with Crippen LogP contribution in [0.5, 0.6) is 0 Å². The van der Waals surface area contributed by atoms with Crippen molar-refractivity contribution in [3.63, 3.8) is 0 Å². The number of hydrazine groups is 2. The van der Waals surface area contributed by atoms with E-state index in [1.807, 2.05) is 0 Å². The maximum Gasteiger partial charge on any atom is 0.0113 e. The van der Waals surface area contributed by atoms with Gasteiger partial charge >= 0.3 is 0 Å². The number of nitrogens with one attached hydrogen (secondary N) is 2. The van der Waals surface area contributed by atoms with Gasteiger partial charge in [0.2, 0.25) is 0 Å². The number of hydrogen-bond acceptors (Lipinski definition) is 3. The van der Waals surface area contributed by atoms with Gasteiger partial charge in [-0.05, 0) is 6.42 Å². The van der Waals surface area contributed by atoms with Gasteiger partial charge in [0.25, 0.3) is 0 Å². The first-order valence-electron chi connectivity index (χ1n) is 8.60. The predicted molar refractivity (Wildman–Crippen MR) is 115 cm³/mol. The molecule has 0 radical (unpaired) electrons. The van der Waals surface area contributed by atoms with E-state index in [-0.39, 0.29) is 49.6 Å². The van der Waals surface area contributed by atoms with Crippen molar-refractivity contribution in [1.29, 1.82) is 0 Å². The lowest BCUT2D eigenvalue weighted by Crippen LogP contribution is -2.38. The summed E-state index contributed by atoms with van der Waals surface area (Å²) in [5.74, 6) is 5.12. The summed E-state index contributed by atoms with van der Waals surface area (Å²) < 4.78 is 0. The minimum atomic E-state index is 0. The molecule has 0 aliphatic rings. The molecule has 0 aliphatic heterocycles. The van der Waals surface area contributed by atoms with E-state index in [4.69, 9.17) is 5.84 Å². The molecule has 4 N–H and O–H groups in total. The summed E-state index contributed by atoms with van der Waals surface area (Å²) in [6.07, 6.45) is 19.7. The average molecular weight is 417 g/mol. The fourth-order valence-corrected chi connectivity index (χ4v) is 2.48. The second-order valence-electron chi connectivity index (χ2n) is 5.67. The van der Waals surface area contributed by atoms with Crippen LogP contribution in [0.15, 0.2) is 0 Å². The molecule has 0 rings (SSSR count). The molecule has 0 heterocycles. The van der Waals surface area contributed by atoms with Gasteiger partial charge in [-0.2, -0.15) is 5.53 Å². The van der Waals surface area contributed by atoms with Gasteiger partial charge in [-0.3, -0.25) is 5.84 Å². The molecule has 0 atom stereocenters. The summed E-state index contributed by atoms with van der Waals surface area (Å²) in [6.45, 7) is 3.26. The van der Waals surface area contributed by atoms with Crippen molar-refractivity contribution in [3.05, 3.63) is 0 Å². The summed E-state index contributed by atoms with van der Waals surface area (Å²) in [5, 5.41) is 0.